The zero-order chi connectivity index (χ0) is 24.9. The summed E-state index contributed by atoms with van der Waals surface area (Å²) in [6, 6.07) is 10.7. The highest BCUT2D eigenvalue weighted by Gasteiger charge is 2.71. The van der Waals surface area contributed by atoms with E-state index >= 15 is 0 Å². The van der Waals surface area contributed by atoms with E-state index in [1.807, 2.05) is 19.9 Å². The molecule has 1 N–H and O–H groups in total. The predicted octanol–water partition coefficient (Wildman–Crippen LogP) is 5.92. The number of aryl methyl sites for hydroxylation is 1. The lowest BCUT2D eigenvalue weighted by atomic mass is 9.64. The number of carbonyl (C=O) groups is 2. The number of benzene rings is 2. The minimum atomic E-state index is -0.784. The number of rotatable bonds is 5. The minimum Gasteiger partial charge on any atom is -0.325 e. The van der Waals surface area contributed by atoms with Gasteiger partial charge in [0.2, 0.25) is 5.91 Å². The first-order valence-corrected chi connectivity index (χ1v) is 11.4. The first-order valence-electron chi connectivity index (χ1n) is 11.0. The number of hydrogen-bond donors (Lipinski definition) is 1. The molecule has 0 heterocycles. The molecule has 0 radical (unpaired) electrons. The van der Waals surface area contributed by atoms with Crippen LogP contribution in [0.4, 0.5) is 11.4 Å². The number of carbonyl (C=O) groups excluding carboxylic acids is 2. The quantitative estimate of drug-likeness (QED) is 0.322. The third-order valence-corrected chi connectivity index (χ3v) is 8.38. The highest BCUT2D eigenvalue weighted by Crippen LogP contribution is 2.71. The number of fused-ring (bicyclic) bond motifs is 2. The Balaban J connectivity index is 1.60. The average molecular weight is 484 g/mol. The Bertz CT molecular complexity index is 1240. The van der Waals surface area contributed by atoms with E-state index in [1.54, 1.807) is 12.1 Å². The Kier molecular flexibility index (Phi) is 5.76. The first kappa shape index (κ1) is 23.9. The van der Waals surface area contributed by atoms with E-state index < -0.39 is 27.1 Å². The van der Waals surface area contributed by atoms with Crippen LogP contribution in [-0.4, -0.2) is 22.5 Å². The van der Waals surface area contributed by atoms with Crippen molar-refractivity contribution in [2.24, 2.45) is 21.4 Å². The minimum absolute atomic E-state index is 0.0370. The predicted molar refractivity (Wildman–Crippen MR) is 129 cm³/mol. The molecular weight excluding hydrogens is 458 g/mol. The SMILES string of the molecule is Cc1ccc(Cl)cc1NC(=O)C12CCC(C)(C(=NOC(=O)c3cccc([N+](=O)[O-])c3)C1)C2(C)C. The molecule has 34 heavy (non-hydrogen) atoms. The number of nitro benzene ring substituents is 1. The third kappa shape index (κ3) is 3.57. The molecule has 2 bridgehead atoms. The fourth-order valence-electron chi connectivity index (χ4n) is 5.39. The number of non-ortho nitro benzene ring substituents is 1. The molecule has 0 aromatic heterocycles. The molecule has 2 fully saturated rings. The molecule has 2 aromatic rings. The lowest BCUT2D eigenvalue weighted by Crippen LogP contribution is -2.43. The number of nitrogens with one attached hydrogen (secondary N) is 1. The molecule has 0 aliphatic heterocycles. The molecule has 4 rings (SSSR count). The third-order valence-electron chi connectivity index (χ3n) is 8.15. The summed E-state index contributed by atoms with van der Waals surface area (Å²) in [6.07, 6.45) is 1.75. The topological polar surface area (TPSA) is 111 Å². The van der Waals surface area contributed by atoms with Gasteiger partial charge in [-0.05, 0) is 48.9 Å². The molecule has 0 spiro atoms. The van der Waals surface area contributed by atoms with Crippen LogP contribution in [-0.2, 0) is 9.63 Å². The molecule has 2 aromatic carbocycles. The Morgan fingerprint density at radius 3 is 2.59 bits per heavy atom. The first-order chi connectivity index (χ1) is 15.9. The number of halogens is 1. The molecule has 0 saturated heterocycles. The average Bonchev–Trinajstić information content (AvgIpc) is 3.10. The van der Waals surface area contributed by atoms with Crippen LogP contribution in [0.5, 0.6) is 0 Å². The van der Waals surface area contributed by atoms with Crippen LogP contribution in [0.15, 0.2) is 47.6 Å². The molecule has 2 unspecified atom stereocenters. The van der Waals surface area contributed by atoms with Crippen LogP contribution in [0.1, 0.15) is 56.0 Å². The van der Waals surface area contributed by atoms with E-state index in [0.29, 0.717) is 29.3 Å². The maximum absolute atomic E-state index is 13.6. The summed E-state index contributed by atoms with van der Waals surface area (Å²) in [4.78, 5) is 41.8. The summed E-state index contributed by atoms with van der Waals surface area (Å²) >= 11 is 6.13. The van der Waals surface area contributed by atoms with Crippen molar-refractivity contribution in [3.05, 3.63) is 68.7 Å². The number of nitrogens with zero attached hydrogens (tertiary/aromatic N) is 2. The number of amides is 1. The lowest BCUT2D eigenvalue weighted by Gasteiger charge is -2.39. The van der Waals surface area contributed by atoms with Gasteiger partial charge < -0.3 is 10.2 Å². The molecule has 178 valence electrons. The van der Waals surface area contributed by atoms with Crippen molar-refractivity contribution in [2.45, 2.75) is 47.0 Å². The Hall–Kier alpha value is -3.26. The Morgan fingerprint density at radius 2 is 1.88 bits per heavy atom. The zero-order valence-electron chi connectivity index (χ0n) is 19.5. The molecule has 1 amide bonds. The van der Waals surface area contributed by atoms with Gasteiger partial charge in [0.15, 0.2) is 0 Å². The summed E-state index contributed by atoms with van der Waals surface area (Å²) in [5, 5.41) is 18.8. The van der Waals surface area contributed by atoms with E-state index in [-0.39, 0.29) is 17.2 Å². The number of nitro groups is 1. The highest BCUT2D eigenvalue weighted by atomic mass is 35.5. The molecule has 8 nitrogen and oxygen atoms in total. The summed E-state index contributed by atoms with van der Waals surface area (Å²) in [5.41, 5.74) is 0.416. The van der Waals surface area contributed by atoms with Crippen molar-refractivity contribution < 1.29 is 19.3 Å². The smallest absolute Gasteiger partial charge is 0.325 e. The maximum atomic E-state index is 13.6. The highest BCUT2D eigenvalue weighted by molar-refractivity contribution is 6.31. The summed E-state index contributed by atoms with van der Waals surface area (Å²) in [6.45, 7) is 8.05. The molecule has 9 heteroatoms. The van der Waals surface area contributed by atoms with Gasteiger partial charge in [0.25, 0.3) is 5.69 Å². The maximum Gasteiger partial charge on any atom is 0.365 e. The molecule has 2 aliphatic rings. The number of anilines is 1. The number of hydrogen-bond acceptors (Lipinski definition) is 6. The zero-order valence-corrected chi connectivity index (χ0v) is 20.2. The Morgan fingerprint density at radius 1 is 1.15 bits per heavy atom. The van der Waals surface area contributed by atoms with E-state index in [2.05, 4.69) is 24.3 Å². The van der Waals surface area contributed by atoms with Gasteiger partial charge in [0, 0.05) is 34.7 Å². The van der Waals surface area contributed by atoms with Gasteiger partial charge in [0.05, 0.1) is 21.6 Å². The van der Waals surface area contributed by atoms with Crippen molar-refractivity contribution in [1.82, 2.24) is 0 Å². The molecule has 2 atom stereocenters. The fraction of sp³-hybridized carbons (Fsp3) is 0.400. The monoisotopic (exact) mass is 483 g/mol. The standard InChI is InChI=1S/C25H26ClN3O5/c1-15-8-9-17(26)13-19(15)27-22(31)25-11-10-24(4,23(25,2)3)20(14-25)28-34-21(30)16-6-5-7-18(12-16)29(32)33/h5-9,12-13H,10-11,14H2,1-4H3,(H,27,31). The molecule has 2 saturated carbocycles. The van der Waals surface area contributed by atoms with Gasteiger partial charge in [0.1, 0.15) is 0 Å². The van der Waals surface area contributed by atoms with Crippen LogP contribution in [0.2, 0.25) is 5.02 Å². The van der Waals surface area contributed by atoms with Crippen LogP contribution >= 0.6 is 11.6 Å². The second kappa shape index (κ2) is 8.20. The van der Waals surface area contributed by atoms with Crippen molar-refractivity contribution >= 4 is 40.6 Å². The Labute approximate surface area is 202 Å². The molecular formula is C25H26ClN3O5. The van der Waals surface area contributed by atoms with E-state index in [4.69, 9.17) is 16.4 Å². The van der Waals surface area contributed by atoms with Crippen molar-refractivity contribution in [1.29, 1.82) is 0 Å². The van der Waals surface area contributed by atoms with E-state index in [0.717, 1.165) is 18.1 Å². The normalized spacial score (nSPS) is 25.9. The molecule has 2 aliphatic carbocycles. The summed E-state index contributed by atoms with van der Waals surface area (Å²) in [5.74, 6) is -0.893. The van der Waals surface area contributed by atoms with E-state index in [9.17, 15) is 19.7 Å². The summed E-state index contributed by atoms with van der Waals surface area (Å²) < 4.78 is 0. The van der Waals surface area contributed by atoms with Gasteiger partial charge in [-0.25, -0.2) is 4.79 Å². The van der Waals surface area contributed by atoms with Gasteiger partial charge in [-0.2, -0.15) is 0 Å². The summed E-state index contributed by atoms with van der Waals surface area (Å²) in [7, 11) is 0. The van der Waals surface area contributed by atoms with Crippen LogP contribution in [0, 0.1) is 33.3 Å². The fourth-order valence-corrected chi connectivity index (χ4v) is 5.56. The largest absolute Gasteiger partial charge is 0.365 e. The van der Waals surface area contributed by atoms with Crippen molar-refractivity contribution in [3.8, 4) is 0 Å². The number of oxime groups is 1. The van der Waals surface area contributed by atoms with Crippen molar-refractivity contribution in [3.63, 3.8) is 0 Å². The van der Waals surface area contributed by atoms with Gasteiger partial charge >= 0.3 is 5.97 Å². The lowest BCUT2D eigenvalue weighted by molar-refractivity contribution is -0.384. The van der Waals surface area contributed by atoms with Crippen molar-refractivity contribution in [2.75, 3.05) is 5.32 Å². The van der Waals surface area contributed by atoms with Crippen LogP contribution < -0.4 is 5.32 Å². The van der Waals surface area contributed by atoms with Gasteiger partial charge in [-0.3, -0.25) is 14.9 Å². The second-order valence-corrected chi connectivity index (χ2v) is 10.3. The van der Waals surface area contributed by atoms with Crippen LogP contribution in [0.3, 0.4) is 0 Å². The van der Waals surface area contributed by atoms with Gasteiger partial charge in [-0.1, -0.05) is 49.7 Å². The van der Waals surface area contributed by atoms with E-state index in [1.165, 1.54) is 18.2 Å². The second-order valence-electron chi connectivity index (χ2n) is 9.85. The van der Waals surface area contributed by atoms with Crippen LogP contribution in [0.25, 0.3) is 0 Å². The van der Waals surface area contributed by atoms with Gasteiger partial charge in [-0.15, -0.1) is 0 Å².